The zero-order valence-corrected chi connectivity index (χ0v) is 10.7. The zero-order chi connectivity index (χ0) is 12.4. The molecular formula is C14H19N3. The van der Waals surface area contributed by atoms with Gasteiger partial charge in [0.1, 0.15) is 5.82 Å². The van der Waals surface area contributed by atoms with Crippen molar-refractivity contribution in [2.24, 2.45) is 5.73 Å². The predicted molar refractivity (Wildman–Crippen MR) is 69.9 cm³/mol. The molecule has 3 heteroatoms. The van der Waals surface area contributed by atoms with E-state index in [-0.39, 0.29) is 0 Å². The van der Waals surface area contributed by atoms with Crippen molar-refractivity contribution in [2.45, 2.75) is 33.9 Å². The molecule has 0 unspecified atom stereocenters. The first kappa shape index (κ1) is 11.9. The van der Waals surface area contributed by atoms with Gasteiger partial charge in [-0.2, -0.15) is 0 Å². The molecule has 0 bridgehead atoms. The maximum Gasteiger partial charge on any atom is 0.106 e. The summed E-state index contributed by atoms with van der Waals surface area (Å²) in [4.78, 5) is 4.32. The highest BCUT2D eigenvalue weighted by atomic mass is 15.1. The van der Waals surface area contributed by atoms with Crippen molar-refractivity contribution in [3.05, 3.63) is 52.6 Å². The van der Waals surface area contributed by atoms with Gasteiger partial charge in [-0.15, -0.1) is 0 Å². The number of benzene rings is 1. The molecule has 0 saturated carbocycles. The number of nitrogens with two attached hydrogens (primary N) is 1. The van der Waals surface area contributed by atoms with E-state index in [0.29, 0.717) is 6.54 Å². The fourth-order valence-electron chi connectivity index (χ4n) is 2.03. The lowest BCUT2D eigenvalue weighted by molar-refractivity contribution is 0.710. The molecule has 2 aromatic rings. The molecule has 0 radical (unpaired) electrons. The molecule has 17 heavy (non-hydrogen) atoms. The Morgan fingerprint density at radius 2 is 2.00 bits per heavy atom. The normalized spacial score (nSPS) is 10.8. The van der Waals surface area contributed by atoms with Gasteiger partial charge >= 0.3 is 0 Å². The molecule has 1 heterocycles. The molecule has 0 saturated heterocycles. The second-order valence-electron chi connectivity index (χ2n) is 4.52. The van der Waals surface area contributed by atoms with Gasteiger partial charge < -0.3 is 10.3 Å². The SMILES string of the molecule is Cc1ccc(C)c(Cn2c(CN)cnc2C)c1. The van der Waals surface area contributed by atoms with Gasteiger partial charge in [-0.25, -0.2) is 4.98 Å². The molecule has 0 atom stereocenters. The van der Waals surface area contributed by atoms with Crippen molar-refractivity contribution >= 4 is 0 Å². The van der Waals surface area contributed by atoms with Crippen molar-refractivity contribution in [1.29, 1.82) is 0 Å². The van der Waals surface area contributed by atoms with E-state index in [2.05, 4.69) is 41.6 Å². The molecule has 0 spiro atoms. The standard InChI is InChI=1S/C14H19N3/c1-10-4-5-11(2)13(6-10)9-17-12(3)16-8-14(17)7-15/h4-6,8H,7,9,15H2,1-3H3. The summed E-state index contributed by atoms with van der Waals surface area (Å²) in [6.07, 6.45) is 1.86. The van der Waals surface area contributed by atoms with Crippen LogP contribution < -0.4 is 5.73 Å². The highest BCUT2D eigenvalue weighted by molar-refractivity contribution is 5.31. The van der Waals surface area contributed by atoms with Gasteiger partial charge in [-0.05, 0) is 31.9 Å². The first-order chi connectivity index (χ1) is 8.11. The lowest BCUT2D eigenvalue weighted by Gasteiger charge is -2.12. The third kappa shape index (κ3) is 2.39. The molecule has 0 aliphatic carbocycles. The minimum atomic E-state index is 0.533. The number of hydrogen-bond acceptors (Lipinski definition) is 2. The Balaban J connectivity index is 2.37. The average molecular weight is 229 g/mol. The lowest BCUT2D eigenvalue weighted by atomic mass is 10.1. The van der Waals surface area contributed by atoms with Crippen LogP contribution in [-0.4, -0.2) is 9.55 Å². The highest BCUT2D eigenvalue weighted by Crippen LogP contribution is 2.15. The number of hydrogen-bond donors (Lipinski definition) is 1. The van der Waals surface area contributed by atoms with E-state index >= 15 is 0 Å². The van der Waals surface area contributed by atoms with Crippen molar-refractivity contribution in [1.82, 2.24) is 9.55 Å². The van der Waals surface area contributed by atoms with Gasteiger partial charge in [0, 0.05) is 19.3 Å². The van der Waals surface area contributed by atoms with Crippen LogP contribution in [0.2, 0.25) is 0 Å². The molecule has 0 fully saturated rings. The second-order valence-corrected chi connectivity index (χ2v) is 4.52. The Bertz CT molecular complexity index is 526. The van der Waals surface area contributed by atoms with Crippen LogP contribution in [0.25, 0.3) is 0 Å². The summed E-state index contributed by atoms with van der Waals surface area (Å²) in [6, 6.07) is 6.54. The van der Waals surface area contributed by atoms with Crippen LogP contribution in [-0.2, 0) is 13.1 Å². The van der Waals surface area contributed by atoms with E-state index in [1.807, 2.05) is 13.1 Å². The highest BCUT2D eigenvalue weighted by Gasteiger charge is 2.07. The number of aryl methyl sites for hydroxylation is 3. The Morgan fingerprint density at radius 1 is 1.24 bits per heavy atom. The summed E-state index contributed by atoms with van der Waals surface area (Å²) in [5, 5.41) is 0. The van der Waals surface area contributed by atoms with Crippen molar-refractivity contribution < 1.29 is 0 Å². The maximum absolute atomic E-state index is 5.72. The fraction of sp³-hybridized carbons (Fsp3) is 0.357. The first-order valence-electron chi connectivity index (χ1n) is 5.89. The summed E-state index contributed by atoms with van der Waals surface area (Å²) < 4.78 is 2.18. The number of nitrogens with zero attached hydrogens (tertiary/aromatic N) is 2. The summed E-state index contributed by atoms with van der Waals surface area (Å²) >= 11 is 0. The van der Waals surface area contributed by atoms with E-state index in [1.165, 1.54) is 16.7 Å². The van der Waals surface area contributed by atoms with Gasteiger partial charge in [0.25, 0.3) is 0 Å². The maximum atomic E-state index is 5.72. The van der Waals surface area contributed by atoms with Crippen molar-refractivity contribution in [3.63, 3.8) is 0 Å². The minimum absolute atomic E-state index is 0.533. The summed E-state index contributed by atoms with van der Waals surface area (Å²) in [5.74, 6) is 1.02. The molecule has 1 aromatic carbocycles. The van der Waals surface area contributed by atoms with Gasteiger partial charge in [0.15, 0.2) is 0 Å². The fourth-order valence-corrected chi connectivity index (χ4v) is 2.03. The Kier molecular flexibility index (Phi) is 3.29. The summed E-state index contributed by atoms with van der Waals surface area (Å²) in [5.41, 5.74) is 10.7. The molecule has 0 aliphatic rings. The molecule has 2 N–H and O–H groups in total. The van der Waals surface area contributed by atoms with Gasteiger partial charge in [-0.1, -0.05) is 23.8 Å². The topological polar surface area (TPSA) is 43.8 Å². The van der Waals surface area contributed by atoms with E-state index in [4.69, 9.17) is 5.73 Å². The van der Waals surface area contributed by atoms with E-state index < -0.39 is 0 Å². The molecule has 2 rings (SSSR count). The Morgan fingerprint density at radius 3 is 2.71 bits per heavy atom. The van der Waals surface area contributed by atoms with Crippen LogP contribution in [0.15, 0.2) is 24.4 Å². The largest absolute Gasteiger partial charge is 0.327 e. The predicted octanol–water partition coefficient (Wildman–Crippen LogP) is 2.32. The lowest BCUT2D eigenvalue weighted by Crippen LogP contribution is -2.10. The van der Waals surface area contributed by atoms with Gasteiger partial charge in [0.05, 0.1) is 5.69 Å². The molecule has 0 amide bonds. The molecule has 1 aromatic heterocycles. The quantitative estimate of drug-likeness (QED) is 0.877. The van der Waals surface area contributed by atoms with Crippen LogP contribution in [0.4, 0.5) is 0 Å². The Hall–Kier alpha value is -1.61. The van der Waals surface area contributed by atoms with Crippen LogP contribution in [0.1, 0.15) is 28.2 Å². The molecule has 3 nitrogen and oxygen atoms in total. The molecule has 90 valence electrons. The van der Waals surface area contributed by atoms with Crippen LogP contribution in [0.3, 0.4) is 0 Å². The Labute approximate surface area is 102 Å². The van der Waals surface area contributed by atoms with E-state index in [1.54, 1.807) is 0 Å². The van der Waals surface area contributed by atoms with Crippen molar-refractivity contribution in [3.8, 4) is 0 Å². The summed E-state index contributed by atoms with van der Waals surface area (Å²) in [6.45, 7) is 7.67. The number of aromatic nitrogens is 2. The van der Waals surface area contributed by atoms with E-state index in [0.717, 1.165) is 18.1 Å². The average Bonchev–Trinajstić information content (AvgIpc) is 2.65. The monoisotopic (exact) mass is 229 g/mol. The minimum Gasteiger partial charge on any atom is -0.327 e. The third-order valence-electron chi connectivity index (χ3n) is 3.18. The van der Waals surface area contributed by atoms with E-state index in [9.17, 15) is 0 Å². The van der Waals surface area contributed by atoms with Gasteiger partial charge in [0.2, 0.25) is 0 Å². The third-order valence-corrected chi connectivity index (χ3v) is 3.18. The second kappa shape index (κ2) is 4.72. The number of rotatable bonds is 3. The van der Waals surface area contributed by atoms with Crippen LogP contribution >= 0.6 is 0 Å². The summed E-state index contributed by atoms with van der Waals surface area (Å²) in [7, 11) is 0. The van der Waals surface area contributed by atoms with Gasteiger partial charge in [-0.3, -0.25) is 0 Å². The number of imidazole rings is 1. The van der Waals surface area contributed by atoms with Crippen LogP contribution in [0.5, 0.6) is 0 Å². The smallest absolute Gasteiger partial charge is 0.106 e. The van der Waals surface area contributed by atoms with Crippen LogP contribution in [0, 0.1) is 20.8 Å². The zero-order valence-electron chi connectivity index (χ0n) is 10.7. The molecular weight excluding hydrogens is 210 g/mol. The molecule has 0 aliphatic heterocycles. The van der Waals surface area contributed by atoms with Crippen molar-refractivity contribution in [2.75, 3.05) is 0 Å². The first-order valence-corrected chi connectivity index (χ1v) is 5.89.